The van der Waals surface area contributed by atoms with Gasteiger partial charge in [0.25, 0.3) is 5.91 Å². The number of aromatic nitrogens is 1. The van der Waals surface area contributed by atoms with Gasteiger partial charge >= 0.3 is 0 Å². The van der Waals surface area contributed by atoms with Crippen LogP contribution in [0.2, 0.25) is 5.02 Å². The third-order valence-corrected chi connectivity index (χ3v) is 4.60. The molecule has 1 unspecified atom stereocenters. The molecule has 1 amide bonds. The Bertz CT molecular complexity index is 1110. The molecule has 1 aliphatic rings. The van der Waals surface area contributed by atoms with Crippen LogP contribution in [0.1, 0.15) is 17.3 Å². The van der Waals surface area contributed by atoms with E-state index in [0.717, 1.165) is 0 Å². The number of carbonyl (C=O) groups is 1. The van der Waals surface area contributed by atoms with E-state index in [-0.39, 0.29) is 27.8 Å². The van der Waals surface area contributed by atoms with E-state index in [1.807, 2.05) is 6.92 Å². The van der Waals surface area contributed by atoms with E-state index in [9.17, 15) is 14.0 Å². The van der Waals surface area contributed by atoms with Crippen LogP contribution in [0.5, 0.6) is 5.75 Å². The van der Waals surface area contributed by atoms with Crippen molar-refractivity contribution >= 4 is 34.1 Å². The number of nitrogens with one attached hydrogen (secondary N) is 1. The maximum Gasteiger partial charge on any atom is 0.261 e. The molecule has 26 heavy (non-hydrogen) atoms. The molecular formula is C19H14ClFN2O3. The van der Waals surface area contributed by atoms with Crippen LogP contribution < -0.4 is 15.5 Å². The molecular weight excluding hydrogens is 359 g/mol. The Balaban J connectivity index is 1.88. The van der Waals surface area contributed by atoms with Crippen molar-refractivity contribution in [3.63, 3.8) is 0 Å². The monoisotopic (exact) mass is 372 g/mol. The number of rotatable bonds is 2. The zero-order valence-electron chi connectivity index (χ0n) is 13.8. The average Bonchev–Trinajstić information content (AvgIpc) is 2.60. The SMILES string of the molecule is CC1Cn2cc(C(=O)Nc3ccccc3F)c(=O)c3c(Cl)ccc(c32)O1. The first-order valence-corrected chi connectivity index (χ1v) is 8.41. The van der Waals surface area contributed by atoms with Crippen molar-refractivity contribution < 1.29 is 13.9 Å². The van der Waals surface area contributed by atoms with E-state index < -0.39 is 17.2 Å². The highest BCUT2D eigenvalue weighted by atomic mass is 35.5. The van der Waals surface area contributed by atoms with Crippen molar-refractivity contribution in [2.45, 2.75) is 19.6 Å². The Labute approximate surface area is 153 Å². The van der Waals surface area contributed by atoms with Crippen molar-refractivity contribution in [1.82, 2.24) is 4.57 Å². The number of hydrogen-bond donors (Lipinski definition) is 1. The van der Waals surface area contributed by atoms with E-state index >= 15 is 0 Å². The lowest BCUT2D eigenvalue weighted by molar-refractivity contribution is 0.102. The van der Waals surface area contributed by atoms with Gasteiger partial charge in [-0.05, 0) is 31.2 Å². The van der Waals surface area contributed by atoms with E-state index in [1.165, 1.54) is 24.4 Å². The van der Waals surface area contributed by atoms with E-state index in [0.29, 0.717) is 17.8 Å². The molecule has 1 N–H and O–H groups in total. The molecule has 3 aromatic rings. The van der Waals surface area contributed by atoms with Crippen LogP contribution in [0.15, 0.2) is 47.4 Å². The van der Waals surface area contributed by atoms with Gasteiger partial charge in [0.2, 0.25) is 5.43 Å². The number of benzene rings is 2. The maximum absolute atomic E-state index is 13.8. The summed E-state index contributed by atoms with van der Waals surface area (Å²) in [4.78, 5) is 25.5. The van der Waals surface area contributed by atoms with Gasteiger partial charge in [-0.1, -0.05) is 23.7 Å². The van der Waals surface area contributed by atoms with Crippen molar-refractivity contribution in [2.24, 2.45) is 0 Å². The molecule has 0 aliphatic carbocycles. The number of halogens is 2. The van der Waals surface area contributed by atoms with Gasteiger partial charge in [-0.15, -0.1) is 0 Å². The number of para-hydroxylation sites is 1. The number of amides is 1. The first-order chi connectivity index (χ1) is 12.5. The third kappa shape index (κ3) is 2.63. The lowest BCUT2D eigenvalue weighted by atomic mass is 10.1. The molecule has 1 aliphatic heterocycles. The van der Waals surface area contributed by atoms with E-state index in [1.54, 1.807) is 22.8 Å². The van der Waals surface area contributed by atoms with Gasteiger partial charge in [0.1, 0.15) is 23.2 Å². The molecule has 0 radical (unpaired) electrons. The number of carbonyl (C=O) groups excluding carboxylic acids is 1. The van der Waals surface area contributed by atoms with Crippen molar-refractivity contribution in [2.75, 3.05) is 5.32 Å². The fourth-order valence-electron chi connectivity index (χ4n) is 3.15. The summed E-state index contributed by atoms with van der Waals surface area (Å²) in [7, 11) is 0. The molecule has 1 atom stereocenters. The van der Waals surface area contributed by atoms with Crippen molar-refractivity contribution in [3.05, 3.63) is 69.2 Å². The molecule has 0 fully saturated rings. The predicted molar refractivity (Wildman–Crippen MR) is 97.7 cm³/mol. The summed E-state index contributed by atoms with van der Waals surface area (Å²) in [6.45, 7) is 2.35. The summed E-state index contributed by atoms with van der Waals surface area (Å²) < 4.78 is 21.3. The van der Waals surface area contributed by atoms with Crippen LogP contribution in [-0.4, -0.2) is 16.6 Å². The van der Waals surface area contributed by atoms with Crippen LogP contribution in [0.25, 0.3) is 10.9 Å². The number of ether oxygens (including phenoxy) is 1. The van der Waals surface area contributed by atoms with Crippen LogP contribution in [0.4, 0.5) is 10.1 Å². The second kappa shape index (κ2) is 6.14. The number of hydrogen-bond acceptors (Lipinski definition) is 3. The van der Waals surface area contributed by atoms with Gasteiger partial charge in [0.05, 0.1) is 28.2 Å². The smallest absolute Gasteiger partial charge is 0.261 e. The molecule has 0 saturated carbocycles. The zero-order chi connectivity index (χ0) is 18.4. The maximum atomic E-state index is 13.8. The zero-order valence-corrected chi connectivity index (χ0v) is 14.5. The normalized spacial score (nSPS) is 15.6. The van der Waals surface area contributed by atoms with Gasteiger partial charge in [-0.3, -0.25) is 9.59 Å². The Morgan fingerprint density at radius 3 is 2.85 bits per heavy atom. The van der Waals surface area contributed by atoms with E-state index in [2.05, 4.69) is 5.32 Å². The second-order valence-electron chi connectivity index (χ2n) is 6.16. The van der Waals surface area contributed by atoms with Gasteiger partial charge in [-0.2, -0.15) is 0 Å². The molecule has 5 nitrogen and oxygen atoms in total. The Hall–Kier alpha value is -2.86. The molecule has 1 aromatic heterocycles. The largest absolute Gasteiger partial charge is 0.487 e. The van der Waals surface area contributed by atoms with Gasteiger partial charge < -0.3 is 14.6 Å². The van der Waals surface area contributed by atoms with Crippen molar-refractivity contribution in [3.8, 4) is 5.75 Å². The lowest BCUT2D eigenvalue weighted by Gasteiger charge is -2.26. The summed E-state index contributed by atoms with van der Waals surface area (Å²) in [5.74, 6) is -0.724. The van der Waals surface area contributed by atoms with Crippen LogP contribution in [-0.2, 0) is 6.54 Å². The summed E-state index contributed by atoms with van der Waals surface area (Å²) in [5.41, 5.74) is -0.0563. The summed E-state index contributed by atoms with van der Waals surface area (Å²) in [5, 5.41) is 2.90. The highest BCUT2D eigenvalue weighted by Crippen LogP contribution is 2.33. The predicted octanol–water partition coefficient (Wildman–Crippen LogP) is 3.83. The van der Waals surface area contributed by atoms with Crippen molar-refractivity contribution in [1.29, 1.82) is 0 Å². The molecule has 132 valence electrons. The van der Waals surface area contributed by atoms with E-state index in [4.69, 9.17) is 16.3 Å². The molecule has 4 rings (SSSR count). The fraction of sp³-hybridized carbons (Fsp3) is 0.158. The standard InChI is InChI=1S/C19H14ClFN2O3/c1-10-8-23-9-11(19(25)22-14-5-3-2-4-13(14)21)18(24)16-12(20)6-7-15(26-10)17(16)23/h2-7,9-10H,8H2,1H3,(H,22,25). The minimum atomic E-state index is -0.689. The number of anilines is 1. The summed E-state index contributed by atoms with van der Waals surface area (Å²) in [6, 6.07) is 9.04. The fourth-order valence-corrected chi connectivity index (χ4v) is 3.38. The van der Waals surface area contributed by atoms with Crippen LogP contribution in [0, 0.1) is 5.82 Å². The highest BCUT2D eigenvalue weighted by Gasteiger charge is 2.24. The topological polar surface area (TPSA) is 60.3 Å². The molecule has 2 aromatic carbocycles. The lowest BCUT2D eigenvalue weighted by Crippen LogP contribution is -2.30. The van der Waals surface area contributed by atoms with Gasteiger partial charge in [0.15, 0.2) is 0 Å². The molecule has 7 heteroatoms. The number of nitrogens with zero attached hydrogens (tertiary/aromatic N) is 1. The molecule has 0 spiro atoms. The van der Waals surface area contributed by atoms with Crippen LogP contribution >= 0.6 is 11.6 Å². The highest BCUT2D eigenvalue weighted by molar-refractivity contribution is 6.35. The Morgan fingerprint density at radius 1 is 1.31 bits per heavy atom. The minimum Gasteiger partial charge on any atom is -0.487 e. The quantitative estimate of drug-likeness (QED) is 0.743. The van der Waals surface area contributed by atoms with Crippen LogP contribution in [0.3, 0.4) is 0 Å². The molecule has 2 heterocycles. The van der Waals surface area contributed by atoms with Gasteiger partial charge in [-0.25, -0.2) is 4.39 Å². The summed E-state index contributed by atoms with van der Waals surface area (Å²) >= 11 is 6.23. The Morgan fingerprint density at radius 2 is 2.08 bits per heavy atom. The number of pyridine rings is 1. The minimum absolute atomic E-state index is 0.00666. The Kier molecular flexibility index (Phi) is 3.92. The second-order valence-corrected chi connectivity index (χ2v) is 6.56. The first-order valence-electron chi connectivity index (χ1n) is 8.04. The first kappa shape index (κ1) is 16.6. The molecule has 0 bridgehead atoms. The van der Waals surface area contributed by atoms with Gasteiger partial charge in [0, 0.05) is 6.20 Å². The molecule has 0 saturated heterocycles. The third-order valence-electron chi connectivity index (χ3n) is 4.28. The summed E-state index contributed by atoms with van der Waals surface area (Å²) in [6.07, 6.45) is 1.34. The average molecular weight is 373 g/mol.